The number of hydrogen-bond acceptors (Lipinski definition) is 1. The van der Waals surface area contributed by atoms with Crippen molar-refractivity contribution in [1.82, 2.24) is 0 Å². The molecule has 0 unspecified atom stereocenters. The second-order valence-electron chi connectivity index (χ2n) is 3.85. The highest BCUT2D eigenvalue weighted by Crippen LogP contribution is 2.36. The van der Waals surface area contributed by atoms with E-state index in [-0.39, 0.29) is 24.0 Å². The van der Waals surface area contributed by atoms with Gasteiger partial charge >= 0.3 is 12.1 Å². The van der Waals surface area contributed by atoms with Gasteiger partial charge < -0.3 is 5.11 Å². The Morgan fingerprint density at radius 3 is 2.53 bits per heavy atom. The van der Waals surface area contributed by atoms with E-state index in [0.29, 0.717) is 5.56 Å². The van der Waals surface area contributed by atoms with Crippen molar-refractivity contribution in [2.24, 2.45) is 0 Å². The van der Waals surface area contributed by atoms with E-state index >= 15 is 0 Å². The number of carbonyl (C=O) groups is 1. The standard InChI is InChI=1S/C12H9F3O2/c13-12(14,15)10-3-1-2-7-6-8(11(16)17)4-5-9(7)10/h1-3,6H,4-5H2,(H,16,17). The Kier molecular flexibility index (Phi) is 2.69. The normalized spacial score (nSPS) is 15.1. The lowest BCUT2D eigenvalue weighted by atomic mass is 9.88. The van der Waals surface area contributed by atoms with Crippen molar-refractivity contribution in [3.05, 3.63) is 40.5 Å². The van der Waals surface area contributed by atoms with Gasteiger partial charge in [-0.2, -0.15) is 13.2 Å². The third-order valence-electron chi connectivity index (χ3n) is 2.77. The van der Waals surface area contributed by atoms with Crippen molar-refractivity contribution in [1.29, 1.82) is 0 Å². The zero-order valence-corrected chi connectivity index (χ0v) is 8.71. The first-order valence-corrected chi connectivity index (χ1v) is 5.02. The second kappa shape index (κ2) is 3.91. The molecule has 5 heteroatoms. The van der Waals surface area contributed by atoms with E-state index in [1.54, 1.807) is 0 Å². The molecule has 0 heterocycles. The number of aliphatic carboxylic acids is 1. The van der Waals surface area contributed by atoms with Crippen LogP contribution in [0.2, 0.25) is 0 Å². The molecule has 2 rings (SSSR count). The molecule has 17 heavy (non-hydrogen) atoms. The summed E-state index contributed by atoms with van der Waals surface area (Å²) in [5.74, 6) is -1.08. The topological polar surface area (TPSA) is 37.3 Å². The van der Waals surface area contributed by atoms with Gasteiger partial charge in [0.05, 0.1) is 5.56 Å². The molecule has 1 aliphatic rings. The largest absolute Gasteiger partial charge is 0.478 e. The Morgan fingerprint density at radius 1 is 1.24 bits per heavy atom. The molecule has 90 valence electrons. The van der Waals surface area contributed by atoms with E-state index in [9.17, 15) is 18.0 Å². The molecule has 0 fully saturated rings. The van der Waals surface area contributed by atoms with E-state index in [0.717, 1.165) is 6.07 Å². The first kappa shape index (κ1) is 11.7. The molecule has 0 radical (unpaired) electrons. The van der Waals surface area contributed by atoms with Crippen molar-refractivity contribution in [2.75, 3.05) is 0 Å². The van der Waals surface area contributed by atoms with Crippen LogP contribution in [0.3, 0.4) is 0 Å². The summed E-state index contributed by atoms with van der Waals surface area (Å²) in [5.41, 5.74) is 0.0148. The Bertz CT molecular complexity index is 501. The van der Waals surface area contributed by atoms with Gasteiger partial charge in [0.2, 0.25) is 0 Å². The van der Waals surface area contributed by atoms with Crippen LogP contribution in [-0.4, -0.2) is 11.1 Å². The van der Waals surface area contributed by atoms with Gasteiger partial charge in [0.25, 0.3) is 0 Å². The fourth-order valence-corrected chi connectivity index (χ4v) is 1.97. The van der Waals surface area contributed by atoms with Gasteiger partial charge in [-0.05, 0) is 36.1 Å². The predicted octanol–water partition coefficient (Wildman–Crippen LogP) is 3.12. The number of halogens is 3. The monoisotopic (exact) mass is 242 g/mol. The van der Waals surface area contributed by atoms with Gasteiger partial charge in [0, 0.05) is 5.57 Å². The lowest BCUT2D eigenvalue weighted by Gasteiger charge is -2.19. The molecular formula is C12H9F3O2. The van der Waals surface area contributed by atoms with Crippen LogP contribution in [0, 0.1) is 0 Å². The fourth-order valence-electron chi connectivity index (χ4n) is 1.97. The highest BCUT2D eigenvalue weighted by Gasteiger charge is 2.34. The average molecular weight is 242 g/mol. The first-order valence-electron chi connectivity index (χ1n) is 5.02. The lowest BCUT2D eigenvalue weighted by Crippen LogP contribution is -2.14. The SMILES string of the molecule is O=C(O)C1=Cc2cccc(C(F)(F)F)c2CC1. The van der Waals surface area contributed by atoms with Crippen LogP contribution in [-0.2, 0) is 17.4 Å². The summed E-state index contributed by atoms with van der Waals surface area (Å²) < 4.78 is 38.1. The van der Waals surface area contributed by atoms with Crippen LogP contribution in [0.4, 0.5) is 13.2 Å². The minimum atomic E-state index is -4.39. The summed E-state index contributed by atoms with van der Waals surface area (Å²) in [4.78, 5) is 10.8. The molecule has 0 bridgehead atoms. The summed E-state index contributed by atoms with van der Waals surface area (Å²) in [6.07, 6.45) is -2.82. The average Bonchev–Trinajstić information content (AvgIpc) is 2.26. The number of hydrogen-bond donors (Lipinski definition) is 1. The lowest BCUT2D eigenvalue weighted by molar-refractivity contribution is -0.138. The van der Waals surface area contributed by atoms with Crippen molar-refractivity contribution >= 4 is 12.0 Å². The molecular weight excluding hydrogens is 233 g/mol. The molecule has 0 aromatic heterocycles. The maximum Gasteiger partial charge on any atom is 0.416 e. The Labute approximate surface area is 95.4 Å². The molecule has 0 aliphatic heterocycles. The number of carboxylic acid groups (broad SMARTS) is 1. The van der Waals surface area contributed by atoms with Gasteiger partial charge in [-0.3, -0.25) is 0 Å². The summed E-state index contributed by atoms with van der Waals surface area (Å²) in [6, 6.07) is 3.83. The molecule has 0 saturated carbocycles. The van der Waals surface area contributed by atoms with Crippen molar-refractivity contribution < 1.29 is 23.1 Å². The van der Waals surface area contributed by atoms with E-state index < -0.39 is 17.7 Å². The molecule has 2 nitrogen and oxygen atoms in total. The minimum absolute atomic E-state index is 0.114. The van der Waals surface area contributed by atoms with Crippen LogP contribution in [0.25, 0.3) is 6.08 Å². The van der Waals surface area contributed by atoms with Crippen molar-refractivity contribution in [3.63, 3.8) is 0 Å². The van der Waals surface area contributed by atoms with Crippen molar-refractivity contribution in [2.45, 2.75) is 19.0 Å². The van der Waals surface area contributed by atoms with Gasteiger partial charge in [-0.15, -0.1) is 0 Å². The van der Waals surface area contributed by atoms with Crippen LogP contribution in [0.5, 0.6) is 0 Å². The third-order valence-corrected chi connectivity index (χ3v) is 2.77. The second-order valence-corrected chi connectivity index (χ2v) is 3.85. The minimum Gasteiger partial charge on any atom is -0.478 e. The molecule has 1 aromatic carbocycles. The predicted molar refractivity (Wildman–Crippen MR) is 55.4 cm³/mol. The zero-order chi connectivity index (χ0) is 12.6. The van der Waals surface area contributed by atoms with Crippen molar-refractivity contribution in [3.8, 4) is 0 Å². The first-order chi connectivity index (χ1) is 7.89. The van der Waals surface area contributed by atoms with Crippen LogP contribution in [0.15, 0.2) is 23.8 Å². The Hall–Kier alpha value is -1.78. The number of rotatable bonds is 1. The molecule has 0 atom stereocenters. The fraction of sp³-hybridized carbons (Fsp3) is 0.250. The van der Waals surface area contributed by atoms with Gasteiger partial charge in [-0.1, -0.05) is 12.1 Å². The van der Waals surface area contributed by atoms with Gasteiger partial charge in [-0.25, -0.2) is 4.79 Å². The molecule has 0 saturated heterocycles. The number of carboxylic acids is 1. The van der Waals surface area contributed by atoms with E-state index in [2.05, 4.69) is 0 Å². The molecule has 1 aromatic rings. The van der Waals surface area contributed by atoms with E-state index in [4.69, 9.17) is 5.11 Å². The van der Waals surface area contributed by atoms with Crippen LogP contribution >= 0.6 is 0 Å². The van der Waals surface area contributed by atoms with E-state index in [1.807, 2.05) is 0 Å². The quantitative estimate of drug-likeness (QED) is 0.821. The summed E-state index contributed by atoms with van der Waals surface area (Å²) in [5, 5.41) is 8.80. The van der Waals surface area contributed by atoms with Gasteiger partial charge in [0.1, 0.15) is 0 Å². The Balaban J connectivity index is 2.53. The summed E-state index contributed by atoms with van der Waals surface area (Å²) in [7, 11) is 0. The number of alkyl halides is 3. The molecule has 1 N–H and O–H groups in total. The number of fused-ring (bicyclic) bond motifs is 1. The van der Waals surface area contributed by atoms with Crippen LogP contribution in [0.1, 0.15) is 23.1 Å². The van der Waals surface area contributed by atoms with Crippen LogP contribution < -0.4 is 0 Å². The zero-order valence-electron chi connectivity index (χ0n) is 8.71. The van der Waals surface area contributed by atoms with E-state index in [1.165, 1.54) is 18.2 Å². The summed E-state index contributed by atoms with van der Waals surface area (Å²) >= 11 is 0. The summed E-state index contributed by atoms with van der Waals surface area (Å²) in [6.45, 7) is 0. The molecule has 0 amide bonds. The highest BCUT2D eigenvalue weighted by atomic mass is 19.4. The molecule has 1 aliphatic carbocycles. The molecule has 0 spiro atoms. The smallest absolute Gasteiger partial charge is 0.416 e. The number of benzene rings is 1. The van der Waals surface area contributed by atoms with Gasteiger partial charge in [0.15, 0.2) is 0 Å². The maximum absolute atomic E-state index is 12.7. The maximum atomic E-state index is 12.7. The highest BCUT2D eigenvalue weighted by molar-refractivity contribution is 5.93. The third kappa shape index (κ3) is 2.18. The Morgan fingerprint density at radius 2 is 1.94 bits per heavy atom.